The molecule has 0 unspecified atom stereocenters. The topological polar surface area (TPSA) is 87.7 Å². The van der Waals surface area contributed by atoms with Crippen LogP contribution < -0.4 is 15.4 Å². The smallest absolute Gasteiger partial charge is 0.319 e. The van der Waals surface area contributed by atoms with E-state index in [1.165, 1.54) is 0 Å². The van der Waals surface area contributed by atoms with Gasteiger partial charge in [0, 0.05) is 12.2 Å². The van der Waals surface area contributed by atoms with Crippen molar-refractivity contribution in [3.05, 3.63) is 60.2 Å². The minimum Gasteiger partial charge on any atom is -0.494 e. The molecular formula is C18H20N2O4. The van der Waals surface area contributed by atoms with Gasteiger partial charge in [0.1, 0.15) is 5.75 Å². The molecule has 0 aliphatic heterocycles. The number of anilines is 1. The highest BCUT2D eigenvalue weighted by Gasteiger charge is 2.03. The van der Waals surface area contributed by atoms with Gasteiger partial charge >= 0.3 is 12.0 Å². The molecule has 0 spiro atoms. The average molecular weight is 328 g/mol. The Labute approximate surface area is 140 Å². The molecule has 3 N–H and O–H groups in total. The van der Waals surface area contributed by atoms with Gasteiger partial charge < -0.3 is 20.5 Å². The van der Waals surface area contributed by atoms with E-state index in [9.17, 15) is 9.59 Å². The van der Waals surface area contributed by atoms with Gasteiger partial charge in [0.05, 0.1) is 13.0 Å². The summed E-state index contributed by atoms with van der Waals surface area (Å²) in [5, 5.41) is 14.1. The maximum absolute atomic E-state index is 11.8. The Hall–Kier alpha value is -3.02. The Morgan fingerprint density at radius 1 is 1.00 bits per heavy atom. The van der Waals surface area contributed by atoms with Crippen molar-refractivity contribution in [1.29, 1.82) is 0 Å². The van der Waals surface area contributed by atoms with Crippen LogP contribution in [-0.4, -0.2) is 30.3 Å². The summed E-state index contributed by atoms with van der Waals surface area (Å²) < 4.78 is 5.53. The third kappa shape index (κ3) is 6.39. The highest BCUT2D eigenvalue weighted by Crippen LogP contribution is 2.10. The number of nitrogens with one attached hydrogen (secondary N) is 2. The second-order valence-corrected chi connectivity index (χ2v) is 5.16. The van der Waals surface area contributed by atoms with Crippen molar-refractivity contribution >= 4 is 17.7 Å². The Morgan fingerprint density at radius 2 is 1.71 bits per heavy atom. The number of hydrogen-bond acceptors (Lipinski definition) is 3. The molecule has 2 rings (SSSR count). The lowest BCUT2D eigenvalue weighted by molar-refractivity contribution is -0.136. The summed E-state index contributed by atoms with van der Waals surface area (Å²) in [5.74, 6) is -0.0745. The lowest BCUT2D eigenvalue weighted by Crippen LogP contribution is -2.30. The van der Waals surface area contributed by atoms with Crippen molar-refractivity contribution in [1.82, 2.24) is 5.32 Å². The fourth-order valence-electron chi connectivity index (χ4n) is 2.04. The number of carboxylic acids is 1. The second kappa shape index (κ2) is 9.19. The molecule has 0 saturated heterocycles. The van der Waals surface area contributed by atoms with Gasteiger partial charge in [0.2, 0.25) is 0 Å². The van der Waals surface area contributed by atoms with Crippen LogP contribution in [-0.2, 0) is 11.2 Å². The zero-order chi connectivity index (χ0) is 17.2. The molecule has 6 nitrogen and oxygen atoms in total. The van der Waals surface area contributed by atoms with Gasteiger partial charge in [-0.3, -0.25) is 4.79 Å². The molecule has 6 heteroatoms. The van der Waals surface area contributed by atoms with Gasteiger partial charge in [-0.1, -0.05) is 30.3 Å². The van der Waals surface area contributed by atoms with Crippen molar-refractivity contribution in [3.8, 4) is 5.75 Å². The van der Waals surface area contributed by atoms with E-state index in [0.29, 0.717) is 30.8 Å². The number of hydrogen-bond donors (Lipinski definition) is 3. The van der Waals surface area contributed by atoms with Crippen molar-refractivity contribution in [2.24, 2.45) is 0 Å². The molecule has 2 aromatic carbocycles. The summed E-state index contributed by atoms with van der Waals surface area (Å²) >= 11 is 0. The molecule has 0 aromatic heterocycles. The first-order valence-corrected chi connectivity index (χ1v) is 7.67. The van der Waals surface area contributed by atoms with Crippen LogP contribution >= 0.6 is 0 Å². The van der Waals surface area contributed by atoms with E-state index in [1.807, 2.05) is 30.3 Å². The molecular weight excluding hydrogens is 308 g/mol. The number of aliphatic carboxylic acids is 1. The van der Waals surface area contributed by atoms with E-state index in [4.69, 9.17) is 9.84 Å². The molecule has 24 heavy (non-hydrogen) atoms. The van der Waals surface area contributed by atoms with Crippen LogP contribution in [0.1, 0.15) is 12.0 Å². The van der Waals surface area contributed by atoms with Crippen molar-refractivity contribution < 1.29 is 19.4 Å². The molecule has 126 valence electrons. The summed E-state index contributed by atoms with van der Waals surface area (Å²) in [5.41, 5.74) is 1.30. The fraction of sp³-hybridized carbons (Fsp3) is 0.222. The van der Waals surface area contributed by atoms with E-state index in [0.717, 1.165) is 5.75 Å². The molecule has 0 fully saturated rings. The zero-order valence-corrected chi connectivity index (χ0v) is 13.2. The standard InChI is InChI=1S/C18H20N2O4/c21-17(22)13-14-7-9-15(10-8-14)20-18(23)19-11-4-12-24-16-5-2-1-3-6-16/h1-3,5-10H,4,11-13H2,(H,21,22)(H2,19,20,23). The number of rotatable bonds is 8. The van der Waals surface area contributed by atoms with Gasteiger partial charge in [-0.05, 0) is 36.2 Å². The molecule has 2 aromatic rings. The first-order chi connectivity index (χ1) is 11.6. The molecule has 0 saturated carbocycles. The molecule has 2 amide bonds. The molecule has 0 aliphatic carbocycles. The minimum atomic E-state index is -0.883. The summed E-state index contributed by atoms with van der Waals surface area (Å²) in [6.07, 6.45) is 0.660. The van der Waals surface area contributed by atoms with Gasteiger partial charge in [0.15, 0.2) is 0 Å². The summed E-state index contributed by atoms with van der Waals surface area (Å²) in [6, 6.07) is 15.9. The van der Waals surface area contributed by atoms with Gasteiger partial charge in [-0.15, -0.1) is 0 Å². The van der Waals surface area contributed by atoms with E-state index in [1.54, 1.807) is 24.3 Å². The number of carbonyl (C=O) groups is 2. The van der Waals surface area contributed by atoms with Crippen molar-refractivity contribution in [3.63, 3.8) is 0 Å². The number of ether oxygens (including phenoxy) is 1. The molecule has 0 radical (unpaired) electrons. The number of benzene rings is 2. The highest BCUT2D eigenvalue weighted by atomic mass is 16.5. The first-order valence-electron chi connectivity index (χ1n) is 7.67. The Kier molecular flexibility index (Phi) is 6.64. The van der Waals surface area contributed by atoms with Gasteiger partial charge in [0.25, 0.3) is 0 Å². The second-order valence-electron chi connectivity index (χ2n) is 5.16. The van der Waals surface area contributed by atoms with Crippen LogP contribution in [0.5, 0.6) is 5.75 Å². The quantitative estimate of drug-likeness (QED) is 0.650. The SMILES string of the molecule is O=C(O)Cc1ccc(NC(=O)NCCCOc2ccccc2)cc1. The Bertz CT molecular complexity index is 656. The number of para-hydroxylation sites is 1. The van der Waals surface area contributed by atoms with Crippen LogP contribution in [0.2, 0.25) is 0 Å². The number of carbonyl (C=O) groups excluding carboxylic acids is 1. The van der Waals surface area contributed by atoms with Crippen LogP contribution in [0, 0.1) is 0 Å². The third-order valence-electron chi connectivity index (χ3n) is 3.19. The predicted octanol–water partition coefficient (Wildman–Crippen LogP) is 2.90. The maximum Gasteiger partial charge on any atom is 0.319 e. The third-order valence-corrected chi connectivity index (χ3v) is 3.19. The van der Waals surface area contributed by atoms with Crippen LogP contribution in [0.15, 0.2) is 54.6 Å². The number of carboxylic acid groups (broad SMARTS) is 1. The van der Waals surface area contributed by atoms with Crippen LogP contribution in [0.25, 0.3) is 0 Å². The number of amides is 2. The van der Waals surface area contributed by atoms with Crippen LogP contribution in [0.4, 0.5) is 10.5 Å². The predicted molar refractivity (Wildman–Crippen MR) is 91.4 cm³/mol. The van der Waals surface area contributed by atoms with Crippen molar-refractivity contribution in [2.75, 3.05) is 18.5 Å². The summed E-state index contributed by atoms with van der Waals surface area (Å²) in [7, 11) is 0. The Balaban J connectivity index is 1.63. The lowest BCUT2D eigenvalue weighted by Gasteiger charge is -2.09. The summed E-state index contributed by atoms with van der Waals surface area (Å²) in [6.45, 7) is 1.02. The monoisotopic (exact) mass is 328 g/mol. The van der Waals surface area contributed by atoms with E-state index < -0.39 is 5.97 Å². The lowest BCUT2D eigenvalue weighted by atomic mass is 10.1. The summed E-state index contributed by atoms with van der Waals surface area (Å²) in [4.78, 5) is 22.4. The molecule has 0 bridgehead atoms. The van der Waals surface area contributed by atoms with Gasteiger partial charge in [-0.2, -0.15) is 0 Å². The normalized spacial score (nSPS) is 10.0. The van der Waals surface area contributed by atoms with Crippen molar-refractivity contribution in [2.45, 2.75) is 12.8 Å². The minimum absolute atomic E-state index is 0.0338. The maximum atomic E-state index is 11.8. The Morgan fingerprint density at radius 3 is 2.38 bits per heavy atom. The molecule has 0 heterocycles. The molecule has 0 aliphatic rings. The van der Waals surface area contributed by atoms with E-state index in [-0.39, 0.29) is 12.5 Å². The van der Waals surface area contributed by atoms with E-state index in [2.05, 4.69) is 10.6 Å². The zero-order valence-electron chi connectivity index (χ0n) is 13.2. The number of urea groups is 1. The van der Waals surface area contributed by atoms with E-state index >= 15 is 0 Å². The first kappa shape index (κ1) is 17.3. The largest absolute Gasteiger partial charge is 0.494 e. The van der Waals surface area contributed by atoms with Gasteiger partial charge in [-0.25, -0.2) is 4.79 Å². The van der Waals surface area contributed by atoms with Crippen LogP contribution in [0.3, 0.4) is 0 Å². The average Bonchev–Trinajstić information content (AvgIpc) is 2.57. The molecule has 0 atom stereocenters. The fourth-order valence-corrected chi connectivity index (χ4v) is 2.04. The highest BCUT2D eigenvalue weighted by molar-refractivity contribution is 5.89.